The van der Waals surface area contributed by atoms with Gasteiger partial charge in [-0.15, -0.1) is 0 Å². The highest BCUT2D eigenvalue weighted by Gasteiger charge is 2.29. The fourth-order valence-electron chi connectivity index (χ4n) is 1.23. The number of carbonyl (C=O) groups excluding carboxylic acids is 1. The Morgan fingerprint density at radius 1 is 1.28 bits per heavy atom. The molecule has 100 valence electrons. The number of primary amides is 1. The number of halogens is 3. The molecule has 5 nitrogen and oxygen atoms in total. The van der Waals surface area contributed by atoms with Crippen molar-refractivity contribution in [3.05, 3.63) is 29.8 Å². The molecule has 0 bridgehead atoms. The summed E-state index contributed by atoms with van der Waals surface area (Å²) in [6.45, 7) is 0.0658. The summed E-state index contributed by atoms with van der Waals surface area (Å²) in [6, 6.07) is 3.67. The van der Waals surface area contributed by atoms with Crippen LogP contribution in [0.5, 0.6) is 0 Å². The number of nitrogens with one attached hydrogen (secondary N) is 2. The number of amides is 2. The third-order valence-electron chi connectivity index (χ3n) is 2.06. The number of rotatable bonds is 4. The van der Waals surface area contributed by atoms with Gasteiger partial charge in [0.15, 0.2) is 0 Å². The maximum absolute atomic E-state index is 12.3. The molecular weight excluding hydrogens is 249 g/mol. The largest absolute Gasteiger partial charge is 0.416 e. The van der Waals surface area contributed by atoms with Gasteiger partial charge in [0.1, 0.15) is 0 Å². The molecule has 0 fully saturated rings. The molecule has 0 aliphatic heterocycles. The van der Waals surface area contributed by atoms with Crippen LogP contribution in [0.3, 0.4) is 0 Å². The van der Waals surface area contributed by atoms with E-state index in [-0.39, 0.29) is 6.54 Å². The molecule has 0 aliphatic rings. The lowest BCUT2D eigenvalue weighted by Crippen LogP contribution is -2.44. The molecule has 1 atom stereocenters. The molecule has 18 heavy (non-hydrogen) atoms. The Labute approximate surface area is 101 Å². The van der Waals surface area contributed by atoms with Crippen molar-refractivity contribution in [3.63, 3.8) is 0 Å². The van der Waals surface area contributed by atoms with Gasteiger partial charge >= 0.3 is 12.2 Å². The van der Waals surface area contributed by atoms with Crippen LogP contribution in [0.2, 0.25) is 0 Å². The summed E-state index contributed by atoms with van der Waals surface area (Å²) in [7, 11) is 0. The van der Waals surface area contributed by atoms with Gasteiger partial charge in [0, 0.05) is 5.69 Å². The third kappa shape index (κ3) is 4.50. The molecule has 8 heteroatoms. The lowest BCUT2D eigenvalue weighted by atomic mass is 10.2. The molecule has 0 aliphatic carbocycles. The molecule has 1 aromatic rings. The Kier molecular flexibility index (Phi) is 4.38. The summed E-state index contributed by atoms with van der Waals surface area (Å²) < 4.78 is 36.9. The minimum atomic E-state index is -4.37. The van der Waals surface area contributed by atoms with Gasteiger partial charge in [-0.05, 0) is 24.3 Å². The second-order valence-corrected chi connectivity index (χ2v) is 3.57. The molecule has 0 saturated carbocycles. The van der Waals surface area contributed by atoms with E-state index in [2.05, 4.69) is 10.6 Å². The van der Waals surface area contributed by atoms with Crippen molar-refractivity contribution in [2.24, 2.45) is 11.5 Å². The number of carbonyl (C=O) groups is 1. The molecule has 0 radical (unpaired) electrons. The fraction of sp³-hybridized carbons (Fsp3) is 0.300. The quantitative estimate of drug-likeness (QED) is 0.611. The van der Waals surface area contributed by atoms with Crippen molar-refractivity contribution in [1.82, 2.24) is 5.32 Å². The highest BCUT2D eigenvalue weighted by molar-refractivity contribution is 5.71. The van der Waals surface area contributed by atoms with Gasteiger partial charge in [0.25, 0.3) is 0 Å². The molecule has 1 aromatic carbocycles. The monoisotopic (exact) mass is 262 g/mol. The van der Waals surface area contributed by atoms with Crippen LogP contribution in [0.25, 0.3) is 0 Å². The highest BCUT2D eigenvalue weighted by atomic mass is 19.4. The highest BCUT2D eigenvalue weighted by Crippen LogP contribution is 2.29. The van der Waals surface area contributed by atoms with Gasteiger partial charge in [-0.3, -0.25) is 0 Å². The molecule has 0 aromatic heterocycles. The smallest absolute Gasteiger partial charge is 0.368 e. The first kappa shape index (κ1) is 14.1. The predicted molar refractivity (Wildman–Crippen MR) is 60.6 cm³/mol. The molecule has 0 spiro atoms. The summed E-state index contributed by atoms with van der Waals surface area (Å²) in [5, 5.41) is 4.99. The van der Waals surface area contributed by atoms with Gasteiger partial charge in [-0.25, -0.2) is 4.79 Å². The van der Waals surface area contributed by atoms with E-state index in [1.807, 2.05) is 0 Å². The summed E-state index contributed by atoms with van der Waals surface area (Å²) in [4.78, 5) is 10.4. The minimum Gasteiger partial charge on any atom is -0.368 e. The van der Waals surface area contributed by atoms with Gasteiger partial charge < -0.3 is 22.1 Å². The Balaban J connectivity index is 2.56. The second-order valence-electron chi connectivity index (χ2n) is 3.57. The topological polar surface area (TPSA) is 93.2 Å². The third-order valence-corrected chi connectivity index (χ3v) is 2.06. The number of hydrogen-bond acceptors (Lipinski definition) is 3. The lowest BCUT2D eigenvalue weighted by Gasteiger charge is -2.15. The number of alkyl halides is 3. The van der Waals surface area contributed by atoms with Crippen molar-refractivity contribution in [3.8, 4) is 0 Å². The normalized spacial score (nSPS) is 12.9. The molecular formula is C10H13F3N4O. The number of benzene rings is 1. The maximum Gasteiger partial charge on any atom is 0.416 e. The predicted octanol–water partition coefficient (Wildman–Crippen LogP) is 1.07. The average Bonchev–Trinajstić information content (AvgIpc) is 2.26. The Morgan fingerprint density at radius 2 is 1.83 bits per heavy atom. The second kappa shape index (κ2) is 5.58. The first-order chi connectivity index (χ1) is 8.29. The van der Waals surface area contributed by atoms with Crippen molar-refractivity contribution in [2.75, 3.05) is 11.9 Å². The van der Waals surface area contributed by atoms with Gasteiger partial charge in [-0.2, -0.15) is 13.2 Å². The minimum absolute atomic E-state index is 0.0658. The van der Waals surface area contributed by atoms with E-state index < -0.39 is 23.9 Å². The molecule has 1 unspecified atom stereocenters. The Bertz CT molecular complexity index is 405. The lowest BCUT2D eigenvalue weighted by molar-refractivity contribution is -0.137. The molecule has 1 rings (SSSR count). The first-order valence-corrected chi connectivity index (χ1v) is 5.01. The van der Waals surface area contributed by atoms with Crippen LogP contribution in [0.1, 0.15) is 5.56 Å². The zero-order valence-electron chi connectivity index (χ0n) is 9.29. The standard InChI is InChI=1S/C10H13F3N4O/c11-10(12,13)6-1-3-7(4-2-6)17-8(14)5-16-9(15)18/h1-4,8,17H,5,14H2,(H3,15,16,18). The van der Waals surface area contributed by atoms with Crippen molar-refractivity contribution in [2.45, 2.75) is 12.3 Å². The van der Waals surface area contributed by atoms with E-state index in [0.29, 0.717) is 5.69 Å². The van der Waals surface area contributed by atoms with E-state index in [4.69, 9.17) is 11.5 Å². The molecule has 2 amide bonds. The van der Waals surface area contributed by atoms with Gasteiger partial charge in [-0.1, -0.05) is 0 Å². The van der Waals surface area contributed by atoms with Crippen molar-refractivity contribution in [1.29, 1.82) is 0 Å². The van der Waals surface area contributed by atoms with Crippen molar-refractivity contribution < 1.29 is 18.0 Å². The zero-order chi connectivity index (χ0) is 13.8. The Morgan fingerprint density at radius 3 is 2.28 bits per heavy atom. The van der Waals surface area contributed by atoms with Crippen LogP contribution in [-0.4, -0.2) is 18.7 Å². The number of urea groups is 1. The number of nitrogens with two attached hydrogens (primary N) is 2. The first-order valence-electron chi connectivity index (χ1n) is 5.01. The van der Waals surface area contributed by atoms with Crippen LogP contribution >= 0.6 is 0 Å². The van der Waals surface area contributed by atoms with Crippen LogP contribution in [-0.2, 0) is 6.18 Å². The SMILES string of the molecule is NC(=O)NCC(N)Nc1ccc(C(F)(F)F)cc1. The fourth-order valence-corrected chi connectivity index (χ4v) is 1.23. The summed E-state index contributed by atoms with van der Waals surface area (Å²) in [5.74, 6) is 0. The number of hydrogen-bond donors (Lipinski definition) is 4. The summed E-state index contributed by atoms with van der Waals surface area (Å²) in [6.07, 6.45) is -5.01. The Hall–Kier alpha value is -1.96. The van der Waals surface area contributed by atoms with E-state index in [1.165, 1.54) is 12.1 Å². The van der Waals surface area contributed by atoms with Crippen LogP contribution in [0.15, 0.2) is 24.3 Å². The van der Waals surface area contributed by atoms with E-state index in [9.17, 15) is 18.0 Å². The average molecular weight is 262 g/mol. The number of anilines is 1. The van der Waals surface area contributed by atoms with Crippen LogP contribution in [0, 0.1) is 0 Å². The molecule has 0 saturated heterocycles. The van der Waals surface area contributed by atoms with Crippen LogP contribution in [0.4, 0.5) is 23.7 Å². The van der Waals surface area contributed by atoms with Crippen LogP contribution < -0.4 is 22.1 Å². The molecule has 6 N–H and O–H groups in total. The van der Waals surface area contributed by atoms with Crippen molar-refractivity contribution >= 4 is 11.7 Å². The summed E-state index contributed by atoms with van der Waals surface area (Å²) in [5.41, 5.74) is 10.1. The summed E-state index contributed by atoms with van der Waals surface area (Å²) >= 11 is 0. The maximum atomic E-state index is 12.3. The zero-order valence-corrected chi connectivity index (χ0v) is 9.29. The van der Waals surface area contributed by atoms with Gasteiger partial charge in [0.2, 0.25) is 0 Å². The van der Waals surface area contributed by atoms with Gasteiger partial charge in [0.05, 0.1) is 18.3 Å². The van der Waals surface area contributed by atoms with E-state index in [1.54, 1.807) is 0 Å². The van der Waals surface area contributed by atoms with E-state index >= 15 is 0 Å². The van der Waals surface area contributed by atoms with E-state index in [0.717, 1.165) is 12.1 Å². The molecule has 0 heterocycles.